The average molecular weight is 425 g/mol. The Kier molecular flexibility index (Phi) is 15.2. The van der Waals surface area contributed by atoms with Crippen LogP contribution in [0.15, 0.2) is 11.4 Å². The van der Waals surface area contributed by atoms with Crippen molar-refractivity contribution < 1.29 is 14.7 Å². The lowest BCUT2D eigenvalue weighted by Crippen LogP contribution is -2.28. The lowest BCUT2D eigenvalue weighted by Gasteiger charge is -2.05. The van der Waals surface area contributed by atoms with Crippen molar-refractivity contribution in [3.05, 3.63) is 16.3 Å². The first-order valence-electron chi connectivity index (χ1n) is 11.5. The number of carbonyl (C=O) groups is 2. The van der Waals surface area contributed by atoms with E-state index in [1.165, 1.54) is 94.8 Å². The van der Waals surface area contributed by atoms with E-state index in [4.69, 9.17) is 5.11 Å². The molecule has 1 aromatic rings. The Balaban J connectivity index is 1.90. The number of unbranched alkanes of at least 4 members (excludes halogenated alkanes) is 13. The summed E-state index contributed by atoms with van der Waals surface area (Å²) >= 11 is 1.33. The van der Waals surface area contributed by atoms with E-state index in [0.29, 0.717) is 4.88 Å². The number of thiophene rings is 1. The van der Waals surface area contributed by atoms with Gasteiger partial charge in [0.2, 0.25) is 0 Å². The van der Waals surface area contributed by atoms with Crippen LogP contribution in [0, 0.1) is 0 Å². The fourth-order valence-electron chi connectivity index (χ4n) is 3.34. The maximum Gasteiger partial charge on any atom is 0.322 e. The van der Waals surface area contributed by atoms with Gasteiger partial charge < -0.3 is 15.7 Å². The van der Waals surface area contributed by atoms with Crippen molar-refractivity contribution in [2.45, 2.75) is 96.8 Å². The Morgan fingerprint density at radius 2 is 1.38 bits per heavy atom. The van der Waals surface area contributed by atoms with Crippen LogP contribution in [0.4, 0.5) is 5.69 Å². The molecule has 0 unspecified atom stereocenters. The first-order valence-corrected chi connectivity index (χ1v) is 12.3. The molecule has 1 amide bonds. The Morgan fingerprint density at radius 1 is 0.862 bits per heavy atom. The first-order chi connectivity index (χ1) is 14.1. The Morgan fingerprint density at radius 3 is 1.90 bits per heavy atom. The van der Waals surface area contributed by atoms with Crippen molar-refractivity contribution in [1.82, 2.24) is 5.32 Å². The summed E-state index contributed by atoms with van der Waals surface area (Å²) in [4.78, 5) is 22.8. The summed E-state index contributed by atoms with van der Waals surface area (Å²) in [6, 6.07) is 1.78. The zero-order chi connectivity index (χ0) is 21.2. The van der Waals surface area contributed by atoms with Crippen molar-refractivity contribution in [1.29, 1.82) is 0 Å². The number of hydrogen-bond acceptors (Lipinski definition) is 4. The normalized spacial score (nSPS) is 10.8. The van der Waals surface area contributed by atoms with Crippen molar-refractivity contribution >= 4 is 28.9 Å². The van der Waals surface area contributed by atoms with E-state index in [-0.39, 0.29) is 12.5 Å². The topological polar surface area (TPSA) is 78.4 Å². The zero-order valence-corrected chi connectivity index (χ0v) is 19.0. The molecule has 3 N–H and O–H groups in total. The molecular formula is C23H40N2O3S. The average Bonchev–Trinajstić information content (AvgIpc) is 3.18. The molecule has 0 aliphatic rings. The molecule has 29 heavy (non-hydrogen) atoms. The van der Waals surface area contributed by atoms with Gasteiger partial charge in [0.15, 0.2) is 0 Å². The number of carboxylic acid groups (broad SMARTS) is 1. The molecule has 0 spiro atoms. The van der Waals surface area contributed by atoms with Gasteiger partial charge in [-0.05, 0) is 12.5 Å². The minimum atomic E-state index is -1.04. The fourth-order valence-corrected chi connectivity index (χ4v) is 4.12. The Labute approximate surface area is 180 Å². The van der Waals surface area contributed by atoms with E-state index >= 15 is 0 Å². The standard InChI is InChI=1S/C23H40N2O3S/c1-2-3-4-5-6-7-8-9-10-11-12-13-14-15-16-24-20-17-21(29-19-20)23(28)25-18-22(26)27/h17,19,24H,2-16,18H2,1H3,(H,25,28)(H,26,27). The van der Waals surface area contributed by atoms with E-state index in [0.717, 1.165) is 18.7 Å². The summed E-state index contributed by atoms with van der Waals surface area (Å²) in [7, 11) is 0. The molecule has 5 nitrogen and oxygen atoms in total. The molecule has 0 fully saturated rings. The predicted molar refractivity (Wildman–Crippen MR) is 123 cm³/mol. The van der Waals surface area contributed by atoms with Gasteiger partial charge >= 0.3 is 5.97 Å². The molecule has 6 heteroatoms. The maximum absolute atomic E-state index is 11.8. The van der Waals surface area contributed by atoms with Crippen LogP contribution in [0.2, 0.25) is 0 Å². The lowest BCUT2D eigenvalue weighted by atomic mass is 10.0. The van der Waals surface area contributed by atoms with E-state index in [2.05, 4.69) is 17.6 Å². The van der Waals surface area contributed by atoms with Gasteiger partial charge in [-0.25, -0.2) is 0 Å². The molecule has 0 bridgehead atoms. The monoisotopic (exact) mass is 424 g/mol. The van der Waals surface area contributed by atoms with Gasteiger partial charge in [-0.15, -0.1) is 11.3 Å². The quantitative estimate of drug-likeness (QED) is 0.223. The third kappa shape index (κ3) is 14.1. The third-order valence-electron chi connectivity index (χ3n) is 5.08. The van der Waals surface area contributed by atoms with Gasteiger partial charge in [0.1, 0.15) is 6.54 Å². The van der Waals surface area contributed by atoms with Crippen LogP contribution in [0.25, 0.3) is 0 Å². The fraction of sp³-hybridized carbons (Fsp3) is 0.739. The summed E-state index contributed by atoms with van der Waals surface area (Å²) in [6.45, 7) is 2.83. The van der Waals surface area contributed by atoms with Crippen LogP contribution in [0.1, 0.15) is 106 Å². The van der Waals surface area contributed by atoms with Gasteiger partial charge in [-0.2, -0.15) is 0 Å². The molecule has 0 aliphatic carbocycles. The SMILES string of the molecule is CCCCCCCCCCCCCCCCNc1csc(C(=O)NCC(=O)O)c1. The van der Waals surface area contributed by atoms with E-state index in [9.17, 15) is 9.59 Å². The van der Waals surface area contributed by atoms with Crippen LogP contribution >= 0.6 is 11.3 Å². The lowest BCUT2D eigenvalue weighted by molar-refractivity contribution is -0.135. The molecule has 1 aromatic heterocycles. The molecule has 0 saturated heterocycles. The second-order valence-electron chi connectivity index (χ2n) is 7.80. The summed E-state index contributed by atoms with van der Waals surface area (Å²) in [5.41, 5.74) is 0.935. The summed E-state index contributed by atoms with van der Waals surface area (Å²) in [5.74, 6) is -1.37. The summed E-state index contributed by atoms with van der Waals surface area (Å²) in [5, 5.41) is 16.2. The molecule has 0 saturated carbocycles. The zero-order valence-electron chi connectivity index (χ0n) is 18.1. The third-order valence-corrected chi connectivity index (χ3v) is 6.01. The molecule has 1 heterocycles. The highest BCUT2D eigenvalue weighted by atomic mass is 32.1. The van der Waals surface area contributed by atoms with E-state index in [1.807, 2.05) is 5.38 Å². The second kappa shape index (κ2) is 17.3. The number of anilines is 1. The number of carbonyl (C=O) groups excluding carboxylic acids is 1. The minimum absolute atomic E-state index is 0.332. The Bertz CT molecular complexity index is 560. The van der Waals surface area contributed by atoms with Crippen LogP contribution in [-0.4, -0.2) is 30.1 Å². The summed E-state index contributed by atoms with van der Waals surface area (Å²) < 4.78 is 0. The smallest absolute Gasteiger partial charge is 0.322 e. The largest absolute Gasteiger partial charge is 0.480 e. The van der Waals surface area contributed by atoms with Crippen LogP contribution in [0.5, 0.6) is 0 Å². The molecule has 0 radical (unpaired) electrons. The highest BCUT2D eigenvalue weighted by Gasteiger charge is 2.09. The van der Waals surface area contributed by atoms with Crippen LogP contribution in [0.3, 0.4) is 0 Å². The molecule has 0 aliphatic heterocycles. The summed E-state index contributed by atoms with van der Waals surface area (Å²) in [6.07, 6.45) is 19.0. The number of hydrogen-bond donors (Lipinski definition) is 3. The molecule has 0 atom stereocenters. The highest BCUT2D eigenvalue weighted by molar-refractivity contribution is 7.12. The van der Waals surface area contributed by atoms with Gasteiger partial charge in [0, 0.05) is 17.6 Å². The van der Waals surface area contributed by atoms with Crippen molar-refractivity contribution in [2.24, 2.45) is 0 Å². The number of nitrogens with one attached hydrogen (secondary N) is 2. The number of rotatable bonds is 19. The van der Waals surface area contributed by atoms with Crippen LogP contribution in [-0.2, 0) is 4.79 Å². The van der Waals surface area contributed by atoms with Gasteiger partial charge in [0.25, 0.3) is 5.91 Å². The predicted octanol–water partition coefficient (Wildman–Crippen LogP) is 6.46. The van der Waals surface area contributed by atoms with Gasteiger partial charge in [0.05, 0.1) is 4.88 Å². The molecule has 0 aromatic carbocycles. The van der Waals surface area contributed by atoms with Crippen molar-refractivity contribution in [3.8, 4) is 0 Å². The van der Waals surface area contributed by atoms with E-state index in [1.54, 1.807) is 6.07 Å². The molecular weight excluding hydrogens is 384 g/mol. The number of aliphatic carboxylic acids is 1. The Hall–Kier alpha value is -1.56. The number of amides is 1. The maximum atomic E-state index is 11.8. The second-order valence-corrected chi connectivity index (χ2v) is 8.71. The highest BCUT2D eigenvalue weighted by Crippen LogP contribution is 2.19. The first kappa shape index (κ1) is 25.5. The van der Waals surface area contributed by atoms with E-state index < -0.39 is 5.97 Å². The van der Waals surface area contributed by atoms with Gasteiger partial charge in [-0.3, -0.25) is 9.59 Å². The van der Waals surface area contributed by atoms with Crippen molar-refractivity contribution in [2.75, 3.05) is 18.4 Å². The molecule has 166 valence electrons. The van der Waals surface area contributed by atoms with Gasteiger partial charge in [-0.1, -0.05) is 90.4 Å². The van der Waals surface area contributed by atoms with Crippen LogP contribution < -0.4 is 10.6 Å². The molecule has 1 rings (SSSR count). The van der Waals surface area contributed by atoms with Crippen molar-refractivity contribution in [3.63, 3.8) is 0 Å². The number of carboxylic acids is 1. The minimum Gasteiger partial charge on any atom is -0.480 e.